The highest BCUT2D eigenvalue weighted by Gasteiger charge is 2.22. The largest absolute Gasteiger partial charge is 0.394 e. The first-order chi connectivity index (χ1) is 8.26. The fraction of sp³-hybridized carbons (Fsp3) is 0.462. The van der Waals surface area contributed by atoms with Crippen molar-refractivity contribution in [2.75, 3.05) is 25.6 Å². The summed E-state index contributed by atoms with van der Waals surface area (Å²) in [6.45, 7) is 3.12. The zero-order chi connectivity index (χ0) is 13.9. The highest BCUT2D eigenvalue weighted by molar-refractivity contribution is 5.95. The van der Waals surface area contributed by atoms with Crippen LogP contribution in [0, 0.1) is 5.82 Å². The average molecular weight is 254 g/mol. The summed E-state index contributed by atoms with van der Waals surface area (Å²) >= 11 is 0. The van der Waals surface area contributed by atoms with E-state index in [0.29, 0.717) is 5.69 Å². The second-order valence-corrected chi connectivity index (χ2v) is 5.05. The molecule has 0 fully saturated rings. The maximum absolute atomic E-state index is 13.8. The maximum atomic E-state index is 13.8. The van der Waals surface area contributed by atoms with Crippen molar-refractivity contribution in [2.24, 2.45) is 0 Å². The molecule has 100 valence electrons. The summed E-state index contributed by atoms with van der Waals surface area (Å²) in [4.78, 5) is 13.6. The van der Waals surface area contributed by atoms with Crippen molar-refractivity contribution in [1.82, 2.24) is 5.32 Å². The molecule has 0 atom stereocenters. The fourth-order valence-electron chi connectivity index (χ4n) is 1.38. The Bertz CT molecular complexity index is 445. The highest BCUT2D eigenvalue weighted by atomic mass is 19.1. The van der Waals surface area contributed by atoms with E-state index < -0.39 is 17.3 Å². The molecule has 0 bridgehead atoms. The Kier molecular flexibility index (Phi) is 4.29. The van der Waals surface area contributed by atoms with Gasteiger partial charge in [0.05, 0.1) is 17.7 Å². The maximum Gasteiger partial charge on any atom is 0.254 e. The third-order valence-corrected chi connectivity index (χ3v) is 2.56. The second kappa shape index (κ2) is 5.35. The molecule has 18 heavy (non-hydrogen) atoms. The van der Waals surface area contributed by atoms with Crippen LogP contribution < -0.4 is 10.2 Å². The predicted octanol–water partition coefficient (Wildman–Crippen LogP) is 1.39. The normalized spacial score (nSPS) is 11.2. The summed E-state index contributed by atoms with van der Waals surface area (Å²) in [5, 5.41) is 11.6. The van der Waals surface area contributed by atoms with Gasteiger partial charge >= 0.3 is 0 Å². The first kappa shape index (κ1) is 14.4. The number of benzene rings is 1. The van der Waals surface area contributed by atoms with Gasteiger partial charge < -0.3 is 15.3 Å². The molecule has 1 rings (SSSR count). The number of anilines is 1. The number of nitrogens with one attached hydrogen (secondary N) is 1. The third kappa shape index (κ3) is 3.43. The number of hydrogen-bond donors (Lipinski definition) is 2. The fourth-order valence-corrected chi connectivity index (χ4v) is 1.38. The summed E-state index contributed by atoms with van der Waals surface area (Å²) < 4.78 is 13.8. The number of aliphatic hydroxyl groups excluding tert-OH is 1. The van der Waals surface area contributed by atoms with Crippen molar-refractivity contribution < 1.29 is 14.3 Å². The number of hydrogen-bond acceptors (Lipinski definition) is 3. The Morgan fingerprint density at radius 2 is 2.06 bits per heavy atom. The first-order valence-electron chi connectivity index (χ1n) is 5.67. The molecule has 0 saturated heterocycles. The van der Waals surface area contributed by atoms with E-state index in [1.54, 1.807) is 38.9 Å². The minimum atomic E-state index is -0.774. The van der Waals surface area contributed by atoms with Crippen molar-refractivity contribution in [1.29, 1.82) is 0 Å². The van der Waals surface area contributed by atoms with Crippen molar-refractivity contribution in [2.45, 2.75) is 19.4 Å². The molecule has 0 spiro atoms. The zero-order valence-electron chi connectivity index (χ0n) is 11.1. The molecular formula is C13H19FN2O2. The van der Waals surface area contributed by atoms with Gasteiger partial charge in [0.15, 0.2) is 0 Å². The molecule has 0 aliphatic carbocycles. The lowest BCUT2D eigenvalue weighted by molar-refractivity contribution is 0.0865. The lowest BCUT2D eigenvalue weighted by atomic mass is 10.1. The van der Waals surface area contributed by atoms with Crippen LogP contribution in [-0.4, -0.2) is 37.3 Å². The summed E-state index contributed by atoms with van der Waals surface area (Å²) in [5.74, 6) is -1.11. The molecule has 0 saturated carbocycles. The van der Waals surface area contributed by atoms with Gasteiger partial charge in [-0.2, -0.15) is 0 Å². The topological polar surface area (TPSA) is 52.6 Å². The molecule has 2 N–H and O–H groups in total. The van der Waals surface area contributed by atoms with Crippen LogP contribution in [0.3, 0.4) is 0 Å². The molecular weight excluding hydrogens is 235 g/mol. The minimum absolute atomic E-state index is 0.0258. The standard InChI is InChI=1S/C13H19FN2O2/c1-13(2,8-17)15-12(18)10-6-5-9(16(3)4)7-11(10)14/h5-7,17H,8H2,1-4H3,(H,15,18). The van der Waals surface area contributed by atoms with Gasteiger partial charge in [0.2, 0.25) is 0 Å². The lowest BCUT2D eigenvalue weighted by Crippen LogP contribution is -2.46. The third-order valence-electron chi connectivity index (χ3n) is 2.56. The number of aliphatic hydroxyl groups is 1. The van der Waals surface area contributed by atoms with E-state index in [1.165, 1.54) is 12.1 Å². The molecule has 1 amide bonds. The van der Waals surface area contributed by atoms with Crippen LogP contribution >= 0.6 is 0 Å². The molecule has 0 aliphatic heterocycles. The number of carbonyl (C=O) groups is 1. The van der Waals surface area contributed by atoms with Crippen LogP contribution in [0.15, 0.2) is 18.2 Å². The van der Waals surface area contributed by atoms with E-state index in [9.17, 15) is 9.18 Å². The summed E-state index contributed by atoms with van der Waals surface area (Å²) in [6, 6.07) is 4.41. The number of halogens is 1. The molecule has 0 heterocycles. The first-order valence-corrected chi connectivity index (χ1v) is 5.67. The van der Waals surface area contributed by atoms with Crippen LogP contribution in [0.4, 0.5) is 10.1 Å². The summed E-state index contributed by atoms with van der Waals surface area (Å²) in [7, 11) is 3.59. The smallest absolute Gasteiger partial charge is 0.254 e. The lowest BCUT2D eigenvalue weighted by Gasteiger charge is -2.23. The monoisotopic (exact) mass is 254 g/mol. The number of rotatable bonds is 4. The van der Waals surface area contributed by atoms with Gasteiger partial charge in [0.25, 0.3) is 5.91 Å². The van der Waals surface area contributed by atoms with E-state index in [1.807, 2.05) is 0 Å². The van der Waals surface area contributed by atoms with Gasteiger partial charge in [-0.25, -0.2) is 4.39 Å². The van der Waals surface area contributed by atoms with E-state index in [4.69, 9.17) is 5.11 Å². The molecule has 0 aromatic heterocycles. The Balaban J connectivity index is 2.94. The van der Waals surface area contributed by atoms with E-state index in [0.717, 1.165) is 0 Å². The van der Waals surface area contributed by atoms with Crippen LogP contribution in [0.2, 0.25) is 0 Å². The van der Waals surface area contributed by atoms with Crippen molar-refractivity contribution in [3.8, 4) is 0 Å². The van der Waals surface area contributed by atoms with E-state index >= 15 is 0 Å². The van der Waals surface area contributed by atoms with Gasteiger partial charge in [0, 0.05) is 19.8 Å². The number of carbonyl (C=O) groups excluding carboxylic acids is 1. The van der Waals surface area contributed by atoms with Gasteiger partial charge in [0.1, 0.15) is 5.82 Å². The number of nitrogens with zero attached hydrogens (tertiary/aromatic N) is 1. The van der Waals surface area contributed by atoms with Crippen LogP contribution in [0.25, 0.3) is 0 Å². The van der Waals surface area contributed by atoms with E-state index in [2.05, 4.69) is 5.32 Å². The van der Waals surface area contributed by atoms with Crippen molar-refractivity contribution in [3.63, 3.8) is 0 Å². The molecule has 0 radical (unpaired) electrons. The van der Waals surface area contributed by atoms with Gasteiger partial charge in [-0.05, 0) is 32.0 Å². The number of amides is 1. The molecule has 1 aromatic rings. The predicted molar refractivity (Wildman–Crippen MR) is 69.4 cm³/mol. The second-order valence-electron chi connectivity index (χ2n) is 5.05. The quantitative estimate of drug-likeness (QED) is 0.853. The SMILES string of the molecule is CN(C)c1ccc(C(=O)NC(C)(C)CO)c(F)c1. The van der Waals surface area contributed by atoms with Crippen LogP contribution in [0.5, 0.6) is 0 Å². The van der Waals surface area contributed by atoms with Crippen LogP contribution in [0.1, 0.15) is 24.2 Å². The summed E-state index contributed by atoms with van der Waals surface area (Å²) in [6.07, 6.45) is 0. The Labute approximate surface area is 106 Å². The van der Waals surface area contributed by atoms with E-state index in [-0.39, 0.29) is 12.2 Å². The molecule has 5 heteroatoms. The van der Waals surface area contributed by atoms with Crippen LogP contribution in [-0.2, 0) is 0 Å². The zero-order valence-corrected chi connectivity index (χ0v) is 11.1. The van der Waals surface area contributed by atoms with Crippen molar-refractivity contribution >= 4 is 11.6 Å². The van der Waals surface area contributed by atoms with Gasteiger partial charge in [-0.15, -0.1) is 0 Å². The summed E-state index contributed by atoms with van der Waals surface area (Å²) in [5.41, 5.74) is -0.114. The van der Waals surface area contributed by atoms with Crippen molar-refractivity contribution in [3.05, 3.63) is 29.6 Å². The molecule has 4 nitrogen and oxygen atoms in total. The minimum Gasteiger partial charge on any atom is -0.394 e. The Morgan fingerprint density at radius 3 is 2.50 bits per heavy atom. The van der Waals surface area contributed by atoms with Gasteiger partial charge in [-0.3, -0.25) is 4.79 Å². The Hall–Kier alpha value is -1.62. The highest BCUT2D eigenvalue weighted by Crippen LogP contribution is 2.17. The molecule has 0 aliphatic rings. The Morgan fingerprint density at radius 1 is 1.44 bits per heavy atom. The average Bonchev–Trinajstić information content (AvgIpc) is 2.28. The molecule has 0 unspecified atom stereocenters. The molecule has 1 aromatic carbocycles. The van der Waals surface area contributed by atoms with Gasteiger partial charge in [-0.1, -0.05) is 0 Å².